The summed E-state index contributed by atoms with van der Waals surface area (Å²) in [6.45, 7) is 3.85. The van der Waals surface area contributed by atoms with E-state index in [1.165, 1.54) is 15.9 Å². The Morgan fingerprint density at radius 1 is 0.842 bits per heavy atom. The van der Waals surface area contributed by atoms with Crippen LogP contribution in [0.15, 0.2) is 95.9 Å². The van der Waals surface area contributed by atoms with Gasteiger partial charge >= 0.3 is 5.56 Å². The van der Waals surface area contributed by atoms with Crippen LogP contribution >= 0.6 is 8.73 Å². The Morgan fingerprint density at radius 2 is 1.50 bits per heavy atom. The zero-order chi connectivity index (χ0) is 26.3. The first-order valence-corrected chi connectivity index (χ1v) is 14.1. The number of hydrogen-bond acceptors (Lipinski definition) is 6. The lowest BCUT2D eigenvalue weighted by molar-refractivity contribution is 0.298. The van der Waals surface area contributed by atoms with Gasteiger partial charge in [0, 0.05) is 52.1 Å². The average molecular weight is 528 g/mol. The molecule has 1 saturated heterocycles. The first-order chi connectivity index (χ1) is 18.6. The van der Waals surface area contributed by atoms with Crippen molar-refractivity contribution in [1.29, 1.82) is 0 Å². The van der Waals surface area contributed by atoms with Gasteiger partial charge in [-0.1, -0.05) is 60.7 Å². The van der Waals surface area contributed by atoms with E-state index in [4.69, 9.17) is 4.74 Å². The van der Waals surface area contributed by atoms with Crippen LogP contribution in [0.25, 0.3) is 5.69 Å². The molecule has 1 aromatic heterocycles. The molecule has 1 fully saturated rings. The molecule has 1 atom stereocenters. The maximum Gasteiger partial charge on any atom is 0.316 e. The molecule has 0 N–H and O–H groups in total. The van der Waals surface area contributed by atoms with E-state index >= 15 is 0 Å². The fraction of sp³-hybridized carbons (Fsp3) is 0.267. The Kier molecular flexibility index (Phi) is 8.37. The highest BCUT2D eigenvalue weighted by Gasteiger charge is 2.23. The second-order valence-corrected chi connectivity index (χ2v) is 10.9. The summed E-state index contributed by atoms with van der Waals surface area (Å²) in [5.41, 5.74) is 4.85. The summed E-state index contributed by atoms with van der Waals surface area (Å²) >= 11 is 0. The molecule has 38 heavy (non-hydrogen) atoms. The second-order valence-electron chi connectivity index (χ2n) is 9.56. The average Bonchev–Trinajstić information content (AvgIpc) is 2.97. The molecule has 1 unspecified atom stereocenters. The molecule has 196 valence electrons. The number of nitrogens with zero attached hydrogens (tertiary/aromatic N) is 5. The molecule has 0 bridgehead atoms. The highest BCUT2D eigenvalue weighted by atomic mass is 31.1. The summed E-state index contributed by atoms with van der Waals surface area (Å²) in [7, 11) is 4.86. The molecule has 8 heteroatoms. The molecule has 7 nitrogen and oxygen atoms in total. The third-order valence-corrected chi connectivity index (χ3v) is 8.18. The number of para-hydroxylation sites is 1. The van der Waals surface area contributed by atoms with Crippen molar-refractivity contribution < 1.29 is 4.74 Å². The van der Waals surface area contributed by atoms with Crippen LogP contribution in [-0.2, 0) is 12.8 Å². The lowest BCUT2D eigenvalue weighted by Crippen LogP contribution is -2.44. The van der Waals surface area contributed by atoms with Crippen molar-refractivity contribution in [3.05, 3.63) is 113 Å². The SMILES string of the molecule is CN(C)c1ccc(CPN2CCN(c3cnn(-c4ccccc4)c(=O)c3OCc3ccccc3)CC2)cc1. The van der Waals surface area contributed by atoms with Crippen LogP contribution < -0.4 is 20.1 Å². The van der Waals surface area contributed by atoms with Crippen molar-refractivity contribution >= 4 is 20.1 Å². The first kappa shape index (κ1) is 26.0. The van der Waals surface area contributed by atoms with Gasteiger partial charge in [0.15, 0.2) is 0 Å². The molecule has 3 aromatic carbocycles. The monoisotopic (exact) mass is 527 g/mol. The zero-order valence-corrected chi connectivity index (χ0v) is 23.0. The molecule has 4 aromatic rings. The highest BCUT2D eigenvalue weighted by molar-refractivity contribution is 7.34. The predicted octanol–water partition coefficient (Wildman–Crippen LogP) is 4.79. The third-order valence-electron chi connectivity index (χ3n) is 6.72. The summed E-state index contributed by atoms with van der Waals surface area (Å²) in [4.78, 5) is 17.9. The molecule has 5 rings (SSSR count). The van der Waals surface area contributed by atoms with Crippen molar-refractivity contribution in [2.75, 3.05) is 50.1 Å². The van der Waals surface area contributed by atoms with Gasteiger partial charge in [0.2, 0.25) is 5.75 Å². The van der Waals surface area contributed by atoms with Gasteiger partial charge in [0.25, 0.3) is 0 Å². The molecule has 1 aliphatic rings. The number of ether oxygens (including phenoxy) is 1. The van der Waals surface area contributed by atoms with Gasteiger partial charge in [0.05, 0.1) is 11.9 Å². The van der Waals surface area contributed by atoms with Crippen molar-refractivity contribution in [2.24, 2.45) is 0 Å². The summed E-state index contributed by atoms with van der Waals surface area (Å²) in [6, 6.07) is 28.2. The van der Waals surface area contributed by atoms with Gasteiger partial charge < -0.3 is 14.5 Å². The van der Waals surface area contributed by atoms with E-state index in [2.05, 4.69) is 57.9 Å². The van der Waals surface area contributed by atoms with Crippen molar-refractivity contribution in [3.8, 4) is 11.4 Å². The van der Waals surface area contributed by atoms with Gasteiger partial charge in [0.1, 0.15) is 12.3 Å². The van der Waals surface area contributed by atoms with Crippen molar-refractivity contribution in [3.63, 3.8) is 0 Å². The van der Waals surface area contributed by atoms with E-state index in [1.54, 1.807) is 6.20 Å². The van der Waals surface area contributed by atoms with E-state index in [0.29, 0.717) is 12.4 Å². The van der Waals surface area contributed by atoms with Crippen LogP contribution in [0.4, 0.5) is 11.4 Å². The zero-order valence-electron chi connectivity index (χ0n) is 22.0. The summed E-state index contributed by atoms with van der Waals surface area (Å²) in [5, 5.41) is 4.52. The number of anilines is 2. The number of hydrogen-bond donors (Lipinski definition) is 0. The van der Waals surface area contributed by atoms with Gasteiger partial charge in [-0.3, -0.25) is 9.46 Å². The van der Waals surface area contributed by atoms with Crippen molar-refractivity contribution in [1.82, 2.24) is 14.5 Å². The molecular formula is C30H34N5O2P. The predicted molar refractivity (Wildman–Crippen MR) is 157 cm³/mol. The summed E-state index contributed by atoms with van der Waals surface area (Å²) < 4.78 is 10.1. The minimum absolute atomic E-state index is 0.241. The van der Waals surface area contributed by atoms with Gasteiger partial charge in [-0.15, -0.1) is 0 Å². The van der Waals surface area contributed by atoms with Crippen LogP contribution in [0.5, 0.6) is 5.75 Å². The second kappa shape index (κ2) is 12.2. The van der Waals surface area contributed by atoms with Crippen LogP contribution in [-0.4, -0.2) is 54.7 Å². The Bertz CT molecular complexity index is 1370. The van der Waals surface area contributed by atoms with Crippen LogP contribution in [0.3, 0.4) is 0 Å². The van der Waals surface area contributed by atoms with Gasteiger partial charge in [-0.05, 0) is 44.1 Å². The van der Waals surface area contributed by atoms with E-state index in [-0.39, 0.29) is 5.56 Å². The molecule has 0 aliphatic carbocycles. The quantitative estimate of drug-likeness (QED) is 0.292. The fourth-order valence-electron chi connectivity index (χ4n) is 4.49. The summed E-state index contributed by atoms with van der Waals surface area (Å²) in [6.07, 6.45) is 2.83. The van der Waals surface area contributed by atoms with E-state index in [1.807, 2.05) is 60.7 Å². The Balaban J connectivity index is 1.28. The molecule has 2 heterocycles. The van der Waals surface area contributed by atoms with Crippen LogP contribution in [0.1, 0.15) is 11.1 Å². The molecule has 0 spiro atoms. The molecule has 0 radical (unpaired) electrons. The lowest BCUT2D eigenvalue weighted by Gasteiger charge is -2.36. The normalized spacial score (nSPS) is 14.2. The Morgan fingerprint density at radius 3 is 2.16 bits per heavy atom. The smallest absolute Gasteiger partial charge is 0.316 e. The van der Waals surface area contributed by atoms with Crippen LogP contribution in [0.2, 0.25) is 0 Å². The lowest BCUT2D eigenvalue weighted by atomic mass is 10.2. The minimum atomic E-state index is -0.241. The largest absolute Gasteiger partial charge is 0.481 e. The van der Waals surface area contributed by atoms with Crippen LogP contribution in [0, 0.1) is 0 Å². The van der Waals surface area contributed by atoms with E-state index in [9.17, 15) is 4.79 Å². The summed E-state index contributed by atoms with van der Waals surface area (Å²) in [5.74, 6) is 0.351. The fourth-order valence-corrected chi connectivity index (χ4v) is 5.65. The highest BCUT2D eigenvalue weighted by Crippen LogP contribution is 2.30. The van der Waals surface area contributed by atoms with E-state index < -0.39 is 0 Å². The molecular weight excluding hydrogens is 493 g/mol. The Labute approximate surface area is 226 Å². The molecule has 1 aliphatic heterocycles. The maximum atomic E-state index is 13.6. The van der Waals surface area contributed by atoms with Gasteiger partial charge in [-0.2, -0.15) is 9.78 Å². The number of piperazine rings is 1. The minimum Gasteiger partial charge on any atom is -0.481 e. The Hall–Kier alpha value is -3.67. The maximum absolute atomic E-state index is 13.6. The molecule has 0 saturated carbocycles. The number of benzene rings is 3. The van der Waals surface area contributed by atoms with E-state index in [0.717, 1.165) is 58.0 Å². The topological polar surface area (TPSA) is 53.8 Å². The van der Waals surface area contributed by atoms with Gasteiger partial charge in [-0.25, -0.2) is 0 Å². The third kappa shape index (κ3) is 6.24. The molecule has 0 amide bonds. The first-order valence-electron chi connectivity index (χ1n) is 12.9. The van der Waals surface area contributed by atoms with Crippen molar-refractivity contribution in [2.45, 2.75) is 12.8 Å². The standard InChI is InChI=1S/C30H34N5O2P/c1-32(2)26-15-13-25(14-16-26)23-38-34-19-17-33(18-20-34)28-21-31-35(27-11-7-4-8-12-27)30(36)29(28)37-22-24-9-5-3-6-10-24/h3-16,21,38H,17-20,22-23H2,1-2H3. The number of aromatic nitrogens is 2. The number of rotatable bonds is 9.